The Kier molecular flexibility index (Phi) is 8.53. The van der Waals surface area contributed by atoms with E-state index in [0.29, 0.717) is 12.0 Å². The van der Waals surface area contributed by atoms with Gasteiger partial charge in [0.25, 0.3) is 0 Å². The van der Waals surface area contributed by atoms with Crippen LogP contribution in [0.3, 0.4) is 0 Å². The number of fused-ring (bicyclic) bond motifs is 1. The van der Waals surface area contributed by atoms with Crippen molar-refractivity contribution in [2.45, 2.75) is 135 Å². The third kappa shape index (κ3) is 5.22. The molecule has 0 aromatic carbocycles. The molecule has 2 aliphatic heterocycles. The van der Waals surface area contributed by atoms with Gasteiger partial charge in [-0.2, -0.15) is 0 Å². The van der Waals surface area contributed by atoms with E-state index >= 15 is 0 Å². The number of ether oxygens (including phenoxy) is 6. The normalized spacial score (nSPS) is 43.4. The summed E-state index contributed by atoms with van der Waals surface area (Å²) in [6, 6.07) is 0. The minimum absolute atomic E-state index is 0.0436. The maximum atomic E-state index is 13.2. The lowest BCUT2D eigenvalue weighted by molar-refractivity contribution is -0.278. The lowest BCUT2D eigenvalue weighted by atomic mass is 9.51. The summed E-state index contributed by atoms with van der Waals surface area (Å²) >= 11 is 0. The van der Waals surface area contributed by atoms with E-state index < -0.39 is 94.6 Å². The van der Waals surface area contributed by atoms with Crippen LogP contribution in [0.15, 0.2) is 11.6 Å². The van der Waals surface area contributed by atoms with Crippen molar-refractivity contribution in [2.24, 2.45) is 11.3 Å². The van der Waals surface area contributed by atoms with Crippen molar-refractivity contribution in [3.05, 3.63) is 11.6 Å². The Morgan fingerprint density at radius 1 is 0.930 bits per heavy atom. The highest BCUT2D eigenvalue weighted by atomic mass is 16.7. The Balaban J connectivity index is 2.06. The lowest BCUT2D eigenvalue weighted by Gasteiger charge is -2.59. The van der Waals surface area contributed by atoms with Crippen LogP contribution in [0.2, 0.25) is 0 Å². The van der Waals surface area contributed by atoms with Crippen LogP contribution in [0, 0.1) is 11.3 Å². The number of hydrogen-bond acceptors (Lipinski definition) is 13. The number of rotatable bonds is 6. The van der Waals surface area contributed by atoms with E-state index in [4.69, 9.17) is 28.4 Å². The predicted octanol–water partition coefficient (Wildman–Crippen LogP) is 1.43. The van der Waals surface area contributed by atoms with Gasteiger partial charge >= 0.3 is 29.8 Å². The Hall–Kier alpha value is -3.03. The Morgan fingerprint density at radius 2 is 1.49 bits per heavy atom. The van der Waals surface area contributed by atoms with Crippen LogP contribution in [-0.2, 0) is 52.4 Å². The van der Waals surface area contributed by atoms with Crippen LogP contribution in [0.5, 0.6) is 0 Å². The molecule has 1 saturated carbocycles. The van der Waals surface area contributed by atoms with Gasteiger partial charge in [0.2, 0.25) is 0 Å². The van der Waals surface area contributed by atoms with E-state index in [1.807, 2.05) is 0 Å². The summed E-state index contributed by atoms with van der Waals surface area (Å²) in [5, 5.41) is 23.8. The van der Waals surface area contributed by atoms with Gasteiger partial charge in [-0.1, -0.05) is 13.8 Å². The first-order valence-electron chi connectivity index (χ1n) is 14.6. The summed E-state index contributed by atoms with van der Waals surface area (Å²) in [4.78, 5) is 63.7. The molecule has 2 aliphatic carbocycles. The molecule has 13 nitrogen and oxygen atoms in total. The first kappa shape index (κ1) is 32.9. The van der Waals surface area contributed by atoms with Crippen molar-refractivity contribution < 1.29 is 62.6 Å². The molecule has 0 amide bonds. The topological polar surface area (TPSA) is 184 Å². The van der Waals surface area contributed by atoms with E-state index in [1.165, 1.54) is 33.8 Å². The average Bonchev–Trinajstić information content (AvgIpc) is 3.46. The molecule has 43 heavy (non-hydrogen) atoms. The van der Waals surface area contributed by atoms with Crippen LogP contribution in [-0.4, -0.2) is 93.5 Å². The summed E-state index contributed by atoms with van der Waals surface area (Å²) in [5.41, 5.74) is -6.66. The summed E-state index contributed by atoms with van der Waals surface area (Å²) in [6.45, 7) is 11.3. The second-order valence-corrected chi connectivity index (χ2v) is 12.7. The van der Waals surface area contributed by atoms with Gasteiger partial charge in [-0.3, -0.25) is 19.2 Å². The lowest BCUT2D eigenvalue weighted by Crippen LogP contribution is -2.73. The number of carbonyl (C=O) groups is 5. The molecule has 240 valence electrons. The number of aliphatic hydroxyl groups is 2. The molecule has 4 rings (SSSR count). The molecule has 0 aromatic rings. The fourth-order valence-corrected chi connectivity index (χ4v) is 7.48. The van der Waals surface area contributed by atoms with E-state index in [1.54, 1.807) is 20.8 Å². The van der Waals surface area contributed by atoms with Crippen molar-refractivity contribution in [1.29, 1.82) is 0 Å². The van der Waals surface area contributed by atoms with Gasteiger partial charge < -0.3 is 38.6 Å². The Morgan fingerprint density at radius 3 is 2.00 bits per heavy atom. The molecule has 0 radical (unpaired) electrons. The smallest absolute Gasteiger partial charge is 0.342 e. The maximum absolute atomic E-state index is 13.2. The highest BCUT2D eigenvalue weighted by Crippen LogP contribution is 2.66. The third-order valence-corrected chi connectivity index (χ3v) is 9.63. The van der Waals surface area contributed by atoms with Crippen LogP contribution in [0.1, 0.15) is 81.1 Å². The summed E-state index contributed by atoms with van der Waals surface area (Å²) in [6.07, 6.45) is -6.07. The predicted molar refractivity (Wildman–Crippen MR) is 145 cm³/mol. The number of esters is 5. The zero-order chi connectivity index (χ0) is 32.3. The largest absolute Gasteiger partial charge is 0.462 e. The van der Waals surface area contributed by atoms with Crippen molar-refractivity contribution in [3.8, 4) is 0 Å². The zero-order valence-electron chi connectivity index (χ0n) is 25.8. The summed E-state index contributed by atoms with van der Waals surface area (Å²) in [7, 11) is 0. The molecule has 3 fully saturated rings. The van der Waals surface area contributed by atoms with Crippen molar-refractivity contribution in [3.63, 3.8) is 0 Å². The molecule has 2 heterocycles. The van der Waals surface area contributed by atoms with Gasteiger partial charge in [0, 0.05) is 46.0 Å². The first-order valence-corrected chi connectivity index (χ1v) is 14.6. The molecule has 4 aliphatic rings. The average molecular weight is 611 g/mol. The minimum atomic E-state index is -2.06. The maximum Gasteiger partial charge on any atom is 0.342 e. The second kappa shape index (κ2) is 11.2. The van der Waals surface area contributed by atoms with E-state index in [9.17, 15) is 34.2 Å². The highest BCUT2D eigenvalue weighted by Gasteiger charge is 2.88. The monoisotopic (exact) mass is 610 g/mol. The first-order chi connectivity index (χ1) is 19.9. The number of hydrogen-bond donors (Lipinski definition) is 2. The van der Waals surface area contributed by atoms with Gasteiger partial charge in [0.15, 0.2) is 17.3 Å². The van der Waals surface area contributed by atoms with Gasteiger partial charge in [-0.05, 0) is 38.8 Å². The molecular weight excluding hydrogens is 568 g/mol. The Labute approximate surface area is 250 Å². The molecule has 0 aromatic heterocycles. The number of epoxide rings is 1. The van der Waals surface area contributed by atoms with E-state index in [0.717, 1.165) is 6.92 Å². The van der Waals surface area contributed by atoms with Gasteiger partial charge in [-0.25, -0.2) is 4.79 Å². The van der Waals surface area contributed by atoms with Crippen LogP contribution in [0.25, 0.3) is 0 Å². The molecule has 13 heteroatoms. The third-order valence-electron chi connectivity index (χ3n) is 9.63. The van der Waals surface area contributed by atoms with Crippen molar-refractivity contribution in [1.82, 2.24) is 0 Å². The second-order valence-electron chi connectivity index (χ2n) is 12.7. The van der Waals surface area contributed by atoms with Crippen LogP contribution in [0.4, 0.5) is 0 Å². The van der Waals surface area contributed by atoms with Gasteiger partial charge in [0.1, 0.15) is 30.0 Å². The van der Waals surface area contributed by atoms with Crippen LogP contribution >= 0.6 is 0 Å². The molecule has 11 unspecified atom stereocenters. The van der Waals surface area contributed by atoms with Crippen molar-refractivity contribution >= 4 is 29.8 Å². The van der Waals surface area contributed by atoms with Crippen LogP contribution < -0.4 is 0 Å². The molecule has 11 atom stereocenters. The number of aliphatic hydroxyl groups excluding tert-OH is 1. The van der Waals surface area contributed by atoms with E-state index in [-0.39, 0.29) is 19.3 Å². The van der Waals surface area contributed by atoms with E-state index in [2.05, 4.69) is 0 Å². The molecule has 1 spiro atoms. The quantitative estimate of drug-likeness (QED) is 0.191. The minimum Gasteiger partial charge on any atom is -0.462 e. The Bertz CT molecular complexity index is 1220. The fraction of sp³-hybridized carbons (Fsp3) is 0.767. The van der Waals surface area contributed by atoms with Gasteiger partial charge in [0.05, 0.1) is 11.5 Å². The molecule has 2 N–H and O–H groups in total. The van der Waals surface area contributed by atoms with Gasteiger partial charge in [-0.15, -0.1) is 0 Å². The molecule has 0 bridgehead atoms. The van der Waals surface area contributed by atoms with Crippen molar-refractivity contribution in [2.75, 3.05) is 0 Å². The molecular formula is C30H42O13. The summed E-state index contributed by atoms with van der Waals surface area (Å²) < 4.78 is 35.2. The number of carbonyl (C=O) groups excluding carboxylic acids is 5. The molecule has 2 saturated heterocycles. The SMILES string of the molecule is CCCC(=O)OC1CC(OC(C)=O)C2(C)C(OC(C)=O)CC(O)C(C)=CC3OC(=O)C4(C)OC34C(OC(C)=O)C2C1(C)O. The highest BCUT2D eigenvalue weighted by molar-refractivity contribution is 5.89. The standard InChI is InChI=1S/C30H42O13/c1-9-10-23(35)41-21-13-20(39-16(4)32)27(6)19(38-15(3)31)12-18(34)14(2)11-22-30(29(8,43-30)26(36)42-22)25(40-17(5)33)24(27)28(21,7)37/h11,18-22,24-25,34,37H,9-10,12-13H2,1-8H3. The fourth-order valence-electron chi connectivity index (χ4n) is 7.48. The summed E-state index contributed by atoms with van der Waals surface area (Å²) in [5.74, 6) is -4.97. The zero-order valence-corrected chi connectivity index (χ0v) is 25.8.